The van der Waals surface area contributed by atoms with Crippen molar-refractivity contribution in [3.8, 4) is 0 Å². The van der Waals surface area contributed by atoms with Crippen LogP contribution in [-0.2, 0) is 4.79 Å². The van der Waals surface area contributed by atoms with Crippen molar-refractivity contribution in [1.82, 2.24) is 0 Å². The number of carboxylic acid groups (broad SMARTS) is 1. The molecule has 2 aromatic rings. The van der Waals surface area contributed by atoms with Crippen LogP contribution in [0.1, 0.15) is 40.5 Å². The molecule has 0 atom stereocenters. The second kappa shape index (κ2) is 7.92. The quantitative estimate of drug-likeness (QED) is 0.758. The molecule has 124 valence electrons. The van der Waals surface area contributed by atoms with E-state index in [0.29, 0.717) is 23.4 Å². The number of nitrogens with one attached hydrogen (secondary N) is 2. The van der Waals surface area contributed by atoms with Crippen LogP contribution in [-0.4, -0.2) is 22.9 Å². The fourth-order valence-corrected chi connectivity index (χ4v) is 2.05. The van der Waals surface area contributed by atoms with Gasteiger partial charge in [0.15, 0.2) is 0 Å². The number of anilines is 2. The minimum Gasteiger partial charge on any atom is -0.478 e. The van der Waals surface area contributed by atoms with Crippen LogP contribution in [0, 0.1) is 0 Å². The lowest BCUT2D eigenvalue weighted by molar-refractivity contribution is -0.116. The van der Waals surface area contributed by atoms with E-state index >= 15 is 0 Å². The molecular formula is C18H18N2O4. The summed E-state index contributed by atoms with van der Waals surface area (Å²) in [7, 11) is 0. The zero-order valence-electron chi connectivity index (χ0n) is 13.2. The molecule has 0 bridgehead atoms. The first-order chi connectivity index (χ1) is 11.5. The maximum Gasteiger partial charge on any atom is 0.335 e. The molecule has 6 heteroatoms. The van der Waals surface area contributed by atoms with Gasteiger partial charge in [-0.05, 0) is 55.0 Å². The second-order valence-corrected chi connectivity index (χ2v) is 5.21. The predicted molar refractivity (Wildman–Crippen MR) is 91.3 cm³/mol. The molecular weight excluding hydrogens is 308 g/mol. The molecule has 0 saturated carbocycles. The molecule has 0 aliphatic heterocycles. The monoisotopic (exact) mass is 326 g/mol. The topological polar surface area (TPSA) is 95.5 Å². The van der Waals surface area contributed by atoms with Crippen molar-refractivity contribution < 1.29 is 19.5 Å². The van der Waals surface area contributed by atoms with Gasteiger partial charge in [-0.15, -0.1) is 0 Å². The van der Waals surface area contributed by atoms with Gasteiger partial charge in [0.1, 0.15) is 0 Å². The van der Waals surface area contributed by atoms with Gasteiger partial charge in [-0.3, -0.25) is 9.59 Å². The van der Waals surface area contributed by atoms with Crippen LogP contribution >= 0.6 is 0 Å². The highest BCUT2D eigenvalue weighted by Crippen LogP contribution is 2.14. The van der Waals surface area contributed by atoms with Crippen molar-refractivity contribution in [2.45, 2.75) is 19.8 Å². The normalized spacial score (nSPS) is 10.0. The van der Waals surface area contributed by atoms with E-state index in [9.17, 15) is 14.4 Å². The molecule has 0 unspecified atom stereocenters. The highest BCUT2D eigenvalue weighted by Gasteiger charge is 2.08. The number of hydrogen-bond donors (Lipinski definition) is 3. The Hall–Kier alpha value is -3.15. The predicted octanol–water partition coefficient (Wildman–Crippen LogP) is 3.38. The number of rotatable bonds is 6. The van der Waals surface area contributed by atoms with Gasteiger partial charge in [-0.25, -0.2) is 4.79 Å². The summed E-state index contributed by atoms with van der Waals surface area (Å²) < 4.78 is 0. The van der Waals surface area contributed by atoms with Gasteiger partial charge in [0.25, 0.3) is 5.91 Å². The van der Waals surface area contributed by atoms with Gasteiger partial charge >= 0.3 is 5.97 Å². The molecule has 2 rings (SSSR count). The molecule has 2 aromatic carbocycles. The smallest absolute Gasteiger partial charge is 0.335 e. The van der Waals surface area contributed by atoms with Crippen molar-refractivity contribution in [1.29, 1.82) is 0 Å². The summed E-state index contributed by atoms with van der Waals surface area (Å²) in [6.07, 6.45) is 1.22. The summed E-state index contributed by atoms with van der Waals surface area (Å²) in [5.41, 5.74) is 1.73. The molecule has 0 aliphatic rings. The number of aromatic carboxylic acids is 1. The lowest BCUT2D eigenvalue weighted by Gasteiger charge is -2.07. The van der Waals surface area contributed by atoms with Crippen molar-refractivity contribution in [2.75, 3.05) is 10.6 Å². The van der Waals surface area contributed by atoms with Gasteiger partial charge in [0.2, 0.25) is 5.91 Å². The number of carboxylic acids is 1. The minimum absolute atomic E-state index is 0.0618. The summed E-state index contributed by atoms with van der Waals surface area (Å²) in [6, 6.07) is 12.5. The van der Waals surface area contributed by atoms with E-state index in [1.54, 1.807) is 24.3 Å². The average Bonchev–Trinajstić information content (AvgIpc) is 2.56. The van der Waals surface area contributed by atoms with Crippen LogP contribution in [0.3, 0.4) is 0 Å². The third-order valence-electron chi connectivity index (χ3n) is 3.30. The minimum atomic E-state index is -1.02. The molecule has 0 fully saturated rings. The molecule has 6 nitrogen and oxygen atoms in total. The van der Waals surface area contributed by atoms with Crippen molar-refractivity contribution in [3.05, 3.63) is 59.7 Å². The Morgan fingerprint density at radius 2 is 1.33 bits per heavy atom. The summed E-state index contributed by atoms with van der Waals surface area (Å²) >= 11 is 0. The maximum absolute atomic E-state index is 12.2. The lowest BCUT2D eigenvalue weighted by Crippen LogP contribution is -2.13. The van der Waals surface area contributed by atoms with Gasteiger partial charge < -0.3 is 15.7 Å². The summed E-state index contributed by atoms with van der Waals surface area (Å²) in [6.45, 7) is 1.93. The van der Waals surface area contributed by atoms with Crippen LogP contribution in [0.2, 0.25) is 0 Å². The number of benzene rings is 2. The lowest BCUT2D eigenvalue weighted by atomic mass is 10.1. The van der Waals surface area contributed by atoms with Crippen molar-refractivity contribution in [2.24, 2.45) is 0 Å². The van der Waals surface area contributed by atoms with Crippen LogP contribution in [0.4, 0.5) is 11.4 Å². The van der Waals surface area contributed by atoms with Crippen LogP contribution in [0.15, 0.2) is 48.5 Å². The highest BCUT2D eigenvalue weighted by molar-refractivity contribution is 6.04. The van der Waals surface area contributed by atoms with Gasteiger partial charge in [0.05, 0.1) is 5.56 Å². The fourth-order valence-electron chi connectivity index (χ4n) is 2.05. The molecule has 0 aromatic heterocycles. The SMILES string of the molecule is CCCC(=O)Nc1ccc(C(=O)Nc2ccc(C(=O)O)cc2)cc1. The third-order valence-corrected chi connectivity index (χ3v) is 3.30. The standard InChI is InChI=1S/C18H18N2O4/c1-2-3-16(21)19-14-8-4-12(5-9-14)17(22)20-15-10-6-13(7-11-15)18(23)24/h4-11H,2-3H2,1H3,(H,19,21)(H,20,22)(H,23,24). The van der Waals surface area contributed by atoms with Crippen molar-refractivity contribution in [3.63, 3.8) is 0 Å². The number of carbonyl (C=O) groups excluding carboxylic acids is 2. The Morgan fingerprint density at radius 3 is 1.83 bits per heavy atom. The maximum atomic E-state index is 12.2. The van der Waals surface area contributed by atoms with E-state index in [1.165, 1.54) is 24.3 Å². The summed E-state index contributed by atoms with van der Waals surface area (Å²) in [5, 5.41) is 14.3. The van der Waals surface area contributed by atoms with Crippen LogP contribution < -0.4 is 10.6 Å². The number of amides is 2. The Bertz CT molecular complexity index is 737. The highest BCUT2D eigenvalue weighted by atomic mass is 16.4. The molecule has 0 spiro atoms. The zero-order valence-corrected chi connectivity index (χ0v) is 13.2. The molecule has 24 heavy (non-hydrogen) atoms. The number of hydrogen-bond acceptors (Lipinski definition) is 3. The van der Waals surface area contributed by atoms with E-state index in [0.717, 1.165) is 6.42 Å². The second-order valence-electron chi connectivity index (χ2n) is 5.21. The first-order valence-electron chi connectivity index (χ1n) is 7.54. The molecule has 0 heterocycles. The Labute approximate surface area is 139 Å². The largest absolute Gasteiger partial charge is 0.478 e. The Morgan fingerprint density at radius 1 is 0.833 bits per heavy atom. The Kier molecular flexibility index (Phi) is 5.68. The molecule has 2 amide bonds. The summed E-state index contributed by atoms with van der Waals surface area (Å²) in [5.74, 6) is -1.40. The van der Waals surface area contributed by atoms with E-state index in [1.807, 2.05) is 6.92 Å². The van der Waals surface area contributed by atoms with Gasteiger partial charge in [-0.2, -0.15) is 0 Å². The van der Waals surface area contributed by atoms with Gasteiger partial charge in [-0.1, -0.05) is 6.92 Å². The molecule has 0 aliphatic carbocycles. The van der Waals surface area contributed by atoms with E-state index in [2.05, 4.69) is 10.6 Å². The average molecular weight is 326 g/mol. The Balaban J connectivity index is 1.99. The van der Waals surface area contributed by atoms with Crippen LogP contribution in [0.5, 0.6) is 0 Å². The first kappa shape index (κ1) is 17.2. The van der Waals surface area contributed by atoms with Crippen molar-refractivity contribution >= 4 is 29.2 Å². The van der Waals surface area contributed by atoms with Crippen LogP contribution in [0.25, 0.3) is 0 Å². The summed E-state index contributed by atoms with van der Waals surface area (Å²) in [4.78, 5) is 34.5. The van der Waals surface area contributed by atoms with E-state index in [4.69, 9.17) is 5.11 Å². The molecule has 0 saturated heterocycles. The van der Waals surface area contributed by atoms with E-state index < -0.39 is 5.97 Å². The third kappa shape index (κ3) is 4.67. The number of carbonyl (C=O) groups is 3. The molecule has 0 radical (unpaired) electrons. The van der Waals surface area contributed by atoms with E-state index in [-0.39, 0.29) is 17.4 Å². The zero-order chi connectivity index (χ0) is 17.5. The fraction of sp³-hybridized carbons (Fsp3) is 0.167. The van der Waals surface area contributed by atoms with Gasteiger partial charge in [0, 0.05) is 23.4 Å². The molecule has 3 N–H and O–H groups in total. The first-order valence-corrected chi connectivity index (χ1v) is 7.54.